The molecule has 0 atom stereocenters. The van der Waals surface area contributed by atoms with Crippen LogP contribution in [-0.2, 0) is 5.75 Å². The predicted molar refractivity (Wildman–Crippen MR) is 42.3 cm³/mol. The van der Waals surface area contributed by atoms with Crippen molar-refractivity contribution in [1.82, 2.24) is 9.97 Å². The number of H-pyrrole nitrogens is 1. The van der Waals surface area contributed by atoms with E-state index in [0.717, 1.165) is 0 Å². The van der Waals surface area contributed by atoms with E-state index >= 15 is 0 Å². The van der Waals surface area contributed by atoms with E-state index in [2.05, 4.69) is 22.6 Å². The minimum Gasteiger partial charge on any atom is -0.310 e. The molecule has 0 radical (unpaired) electrons. The van der Waals surface area contributed by atoms with Gasteiger partial charge in [0.05, 0.1) is 0 Å². The fourth-order valence-electron chi connectivity index (χ4n) is 0.576. The van der Waals surface area contributed by atoms with Crippen LogP contribution in [0.1, 0.15) is 11.4 Å². The Morgan fingerprint density at radius 3 is 3.00 bits per heavy atom. The van der Waals surface area contributed by atoms with Gasteiger partial charge in [-0.25, -0.2) is 4.98 Å². The molecule has 0 unspecified atom stereocenters. The summed E-state index contributed by atoms with van der Waals surface area (Å²) < 4.78 is 0. The van der Waals surface area contributed by atoms with E-state index in [1.165, 1.54) is 0 Å². The molecule has 0 aliphatic carbocycles. The fourth-order valence-corrected chi connectivity index (χ4v) is 0.736. The molecule has 0 aromatic carbocycles. The molecule has 3 nitrogen and oxygen atoms in total. The summed E-state index contributed by atoms with van der Waals surface area (Å²) in [4.78, 5) is 17.4. The Morgan fingerprint density at radius 1 is 1.80 bits per heavy atom. The standard InChI is InChI=1S/C6H8N2OS/c1-4-2-7-5(3-10)8-6(4)9/h2,10H,3H2,1H3,(H,7,8,9). The smallest absolute Gasteiger partial charge is 0.253 e. The predicted octanol–water partition coefficient (Wildman–Crippen LogP) is 0.508. The number of nitrogens with zero attached hydrogens (tertiary/aromatic N) is 1. The molecule has 10 heavy (non-hydrogen) atoms. The van der Waals surface area contributed by atoms with Crippen LogP contribution in [0.5, 0.6) is 0 Å². The lowest BCUT2D eigenvalue weighted by atomic mass is 10.4. The number of aromatic amines is 1. The molecule has 1 aromatic heterocycles. The molecule has 1 N–H and O–H groups in total. The number of hydrogen-bond donors (Lipinski definition) is 2. The van der Waals surface area contributed by atoms with E-state index in [1.807, 2.05) is 0 Å². The Bertz CT molecular complexity index is 281. The monoisotopic (exact) mass is 156 g/mol. The largest absolute Gasteiger partial charge is 0.310 e. The van der Waals surface area contributed by atoms with Crippen molar-refractivity contribution in [3.05, 3.63) is 27.9 Å². The zero-order chi connectivity index (χ0) is 7.56. The molecular weight excluding hydrogens is 148 g/mol. The molecule has 0 aliphatic heterocycles. The minimum atomic E-state index is -0.0842. The summed E-state index contributed by atoms with van der Waals surface area (Å²) in [7, 11) is 0. The van der Waals surface area contributed by atoms with E-state index < -0.39 is 0 Å². The van der Waals surface area contributed by atoms with Gasteiger partial charge in [-0.2, -0.15) is 12.6 Å². The second kappa shape index (κ2) is 2.88. The van der Waals surface area contributed by atoms with Crippen LogP contribution >= 0.6 is 12.6 Å². The maximum Gasteiger partial charge on any atom is 0.253 e. The number of aryl methyl sites for hydroxylation is 1. The van der Waals surface area contributed by atoms with Crippen LogP contribution in [0.4, 0.5) is 0 Å². The van der Waals surface area contributed by atoms with E-state index in [9.17, 15) is 4.79 Å². The highest BCUT2D eigenvalue weighted by atomic mass is 32.1. The molecule has 1 aromatic rings. The van der Waals surface area contributed by atoms with Gasteiger partial charge in [-0.15, -0.1) is 0 Å². The van der Waals surface area contributed by atoms with Crippen molar-refractivity contribution < 1.29 is 0 Å². The van der Waals surface area contributed by atoms with Crippen LogP contribution in [0, 0.1) is 6.92 Å². The Kier molecular flexibility index (Phi) is 2.11. The molecule has 0 saturated carbocycles. The maximum absolute atomic E-state index is 10.9. The number of nitrogens with one attached hydrogen (secondary N) is 1. The number of rotatable bonds is 1. The van der Waals surface area contributed by atoms with Crippen LogP contribution < -0.4 is 5.56 Å². The Labute approximate surface area is 63.9 Å². The third-order valence-corrected chi connectivity index (χ3v) is 1.48. The minimum absolute atomic E-state index is 0.0842. The molecule has 0 bridgehead atoms. The first-order valence-electron chi connectivity index (χ1n) is 2.89. The number of aromatic nitrogens is 2. The molecule has 0 saturated heterocycles. The van der Waals surface area contributed by atoms with Crippen molar-refractivity contribution >= 4 is 12.6 Å². The van der Waals surface area contributed by atoms with E-state index in [-0.39, 0.29) is 5.56 Å². The summed E-state index contributed by atoms with van der Waals surface area (Å²) in [6.07, 6.45) is 1.55. The normalized spacial score (nSPS) is 9.80. The van der Waals surface area contributed by atoms with Crippen molar-refractivity contribution in [1.29, 1.82) is 0 Å². The van der Waals surface area contributed by atoms with Crippen molar-refractivity contribution in [3.8, 4) is 0 Å². The highest BCUT2D eigenvalue weighted by Crippen LogP contribution is 1.90. The van der Waals surface area contributed by atoms with Crippen LogP contribution in [0.3, 0.4) is 0 Å². The summed E-state index contributed by atoms with van der Waals surface area (Å²) in [5.74, 6) is 1.08. The van der Waals surface area contributed by atoms with Gasteiger partial charge >= 0.3 is 0 Å². The Hall–Kier alpha value is -0.770. The second-order valence-electron chi connectivity index (χ2n) is 2.00. The molecule has 4 heteroatoms. The average molecular weight is 156 g/mol. The molecular formula is C6H8N2OS. The third kappa shape index (κ3) is 1.39. The van der Waals surface area contributed by atoms with Gasteiger partial charge in [0, 0.05) is 17.5 Å². The summed E-state index contributed by atoms with van der Waals surface area (Å²) in [5.41, 5.74) is 0.546. The summed E-state index contributed by atoms with van der Waals surface area (Å²) in [6.45, 7) is 1.72. The van der Waals surface area contributed by atoms with Gasteiger partial charge in [0.25, 0.3) is 5.56 Å². The van der Waals surface area contributed by atoms with Gasteiger partial charge in [0.15, 0.2) is 0 Å². The van der Waals surface area contributed by atoms with E-state index in [0.29, 0.717) is 17.1 Å². The molecule has 0 spiro atoms. The molecule has 0 fully saturated rings. The SMILES string of the molecule is Cc1cnc(CS)[nH]c1=O. The average Bonchev–Trinajstić information content (AvgIpc) is 1.95. The van der Waals surface area contributed by atoms with Gasteiger partial charge in [-0.3, -0.25) is 4.79 Å². The van der Waals surface area contributed by atoms with Crippen LogP contribution in [0.2, 0.25) is 0 Å². The number of hydrogen-bond acceptors (Lipinski definition) is 3. The second-order valence-corrected chi connectivity index (χ2v) is 2.32. The Morgan fingerprint density at radius 2 is 2.50 bits per heavy atom. The summed E-state index contributed by atoms with van der Waals surface area (Å²) in [6, 6.07) is 0. The topological polar surface area (TPSA) is 45.8 Å². The van der Waals surface area contributed by atoms with Gasteiger partial charge in [-0.1, -0.05) is 0 Å². The molecule has 1 heterocycles. The number of thiol groups is 1. The van der Waals surface area contributed by atoms with Crippen molar-refractivity contribution in [2.75, 3.05) is 0 Å². The first-order valence-corrected chi connectivity index (χ1v) is 3.53. The first kappa shape index (κ1) is 7.34. The summed E-state index contributed by atoms with van der Waals surface area (Å²) >= 11 is 3.96. The van der Waals surface area contributed by atoms with Crippen molar-refractivity contribution in [3.63, 3.8) is 0 Å². The highest BCUT2D eigenvalue weighted by molar-refractivity contribution is 7.79. The third-order valence-electron chi connectivity index (χ3n) is 1.18. The first-order chi connectivity index (χ1) is 4.74. The maximum atomic E-state index is 10.9. The van der Waals surface area contributed by atoms with Crippen LogP contribution in [0.15, 0.2) is 11.0 Å². The Balaban J connectivity index is 3.17. The lowest BCUT2D eigenvalue weighted by Gasteiger charge is -1.93. The fraction of sp³-hybridized carbons (Fsp3) is 0.333. The van der Waals surface area contributed by atoms with Gasteiger partial charge in [0.1, 0.15) is 5.82 Å². The van der Waals surface area contributed by atoms with Crippen molar-refractivity contribution in [2.45, 2.75) is 12.7 Å². The van der Waals surface area contributed by atoms with E-state index in [4.69, 9.17) is 0 Å². The molecule has 0 aliphatic rings. The molecule has 1 rings (SSSR count). The van der Waals surface area contributed by atoms with Gasteiger partial charge in [-0.05, 0) is 6.92 Å². The van der Waals surface area contributed by atoms with Gasteiger partial charge < -0.3 is 4.98 Å². The molecule has 0 amide bonds. The van der Waals surface area contributed by atoms with Gasteiger partial charge in [0.2, 0.25) is 0 Å². The lowest BCUT2D eigenvalue weighted by molar-refractivity contribution is 0.982. The lowest BCUT2D eigenvalue weighted by Crippen LogP contribution is -2.12. The van der Waals surface area contributed by atoms with Crippen LogP contribution in [0.25, 0.3) is 0 Å². The van der Waals surface area contributed by atoms with E-state index in [1.54, 1.807) is 13.1 Å². The zero-order valence-corrected chi connectivity index (χ0v) is 6.48. The van der Waals surface area contributed by atoms with Crippen molar-refractivity contribution in [2.24, 2.45) is 0 Å². The summed E-state index contributed by atoms with van der Waals surface area (Å²) in [5, 5.41) is 0. The highest BCUT2D eigenvalue weighted by Gasteiger charge is 1.93. The zero-order valence-electron chi connectivity index (χ0n) is 5.59. The molecule has 54 valence electrons. The quantitative estimate of drug-likeness (QED) is 0.582. The van der Waals surface area contributed by atoms with Crippen LogP contribution in [-0.4, -0.2) is 9.97 Å².